The van der Waals surface area contributed by atoms with E-state index < -0.39 is 35.9 Å². The van der Waals surface area contributed by atoms with E-state index in [0.717, 1.165) is 13.1 Å². The molecule has 4 fully saturated rings. The molecular formula is C22H31F2N5O4. The first-order valence-corrected chi connectivity index (χ1v) is 11.6. The van der Waals surface area contributed by atoms with Gasteiger partial charge in [-0.05, 0) is 56.8 Å². The molecule has 0 radical (unpaired) electrons. The summed E-state index contributed by atoms with van der Waals surface area (Å²) in [7, 11) is 0. The average molecular weight is 468 g/mol. The number of hydrogen-bond acceptors (Lipinski definition) is 6. The third-order valence-corrected chi connectivity index (χ3v) is 7.07. The number of nitrogens with one attached hydrogen (secondary N) is 2. The number of nitrogens with zero attached hydrogens (tertiary/aromatic N) is 3. The highest BCUT2D eigenvalue weighted by atomic mass is 19.3. The van der Waals surface area contributed by atoms with Crippen molar-refractivity contribution in [3.63, 3.8) is 0 Å². The number of hydroxylamine groups is 2. The van der Waals surface area contributed by atoms with Gasteiger partial charge in [0.05, 0.1) is 6.07 Å². The molecule has 0 aromatic rings. The van der Waals surface area contributed by atoms with Crippen LogP contribution in [0.25, 0.3) is 0 Å². The van der Waals surface area contributed by atoms with E-state index in [4.69, 9.17) is 10.1 Å². The molecule has 182 valence electrons. The summed E-state index contributed by atoms with van der Waals surface area (Å²) in [6.07, 6.45) is 3.27. The molecule has 2 heterocycles. The molecule has 0 bridgehead atoms. The van der Waals surface area contributed by atoms with Crippen LogP contribution < -0.4 is 10.6 Å². The third-order valence-electron chi connectivity index (χ3n) is 7.07. The van der Waals surface area contributed by atoms with E-state index in [1.165, 1.54) is 17.9 Å². The number of amides is 3. The number of likely N-dealkylation sites (tertiary alicyclic amines) is 1. The summed E-state index contributed by atoms with van der Waals surface area (Å²) in [5.74, 6) is -3.20. The van der Waals surface area contributed by atoms with Crippen LogP contribution in [-0.4, -0.2) is 71.6 Å². The second kappa shape index (κ2) is 8.70. The lowest BCUT2D eigenvalue weighted by Crippen LogP contribution is -2.53. The molecule has 1 atom stereocenters. The summed E-state index contributed by atoms with van der Waals surface area (Å²) < 4.78 is 27.2. The average Bonchev–Trinajstić information content (AvgIpc) is 3.64. The minimum Gasteiger partial charge on any atom is -0.351 e. The molecule has 11 heteroatoms. The van der Waals surface area contributed by atoms with Crippen LogP contribution in [0.1, 0.15) is 58.3 Å². The van der Waals surface area contributed by atoms with Gasteiger partial charge < -0.3 is 20.4 Å². The van der Waals surface area contributed by atoms with E-state index in [-0.39, 0.29) is 11.3 Å². The Morgan fingerprint density at radius 3 is 2.48 bits per heavy atom. The lowest BCUT2D eigenvalue weighted by atomic mass is 9.78. The summed E-state index contributed by atoms with van der Waals surface area (Å²) in [6.45, 7) is 3.09. The van der Waals surface area contributed by atoms with E-state index >= 15 is 0 Å². The summed E-state index contributed by atoms with van der Waals surface area (Å²) in [4.78, 5) is 44.5. The predicted octanol–water partition coefficient (Wildman–Crippen LogP) is 1.94. The van der Waals surface area contributed by atoms with Crippen LogP contribution in [0.2, 0.25) is 0 Å². The van der Waals surface area contributed by atoms with Crippen LogP contribution in [0.4, 0.5) is 13.6 Å². The number of halogens is 2. The highest BCUT2D eigenvalue weighted by Gasteiger charge is 2.48. The zero-order valence-electron chi connectivity index (χ0n) is 18.9. The van der Waals surface area contributed by atoms with Gasteiger partial charge in [0.2, 0.25) is 17.7 Å². The second-order valence-corrected chi connectivity index (χ2v) is 10.4. The largest absolute Gasteiger partial charge is 0.426 e. The number of carbonyl (C=O) groups excluding carboxylic acids is 3. The quantitative estimate of drug-likeness (QED) is 0.564. The fourth-order valence-electron chi connectivity index (χ4n) is 4.71. The van der Waals surface area contributed by atoms with E-state index in [0.29, 0.717) is 58.0 Å². The summed E-state index contributed by atoms with van der Waals surface area (Å²) in [5.41, 5.74) is -1.14. The first-order chi connectivity index (χ1) is 15.5. The van der Waals surface area contributed by atoms with Crippen molar-refractivity contribution in [1.82, 2.24) is 20.6 Å². The topological polar surface area (TPSA) is 115 Å². The zero-order chi connectivity index (χ0) is 23.9. The first kappa shape index (κ1) is 23.7. The maximum absolute atomic E-state index is 13.6. The van der Waals surface area contributed by atoms with E-state index in [1.54, 1.807) is 0 Å². The number of rotatable bonds is 8. The van der Waals surface area contributed by atoms with Crippen molar-refractivity contribution in [3.05, 3.63) is 0 Å². The van der Waals surface area contributed by atoms with Gasteiger partial charge in [-0.1, -0.05) is 0 Å². The minimum atomic E-state index is -3.20. The van der Waals surface area contributed by atoms with E-state index in [1.807, 2.05) is 11.0 Å². The molecule has 3 amide bonds. The van der Waals surface area contributed by atoms with Gasteiger partial charge in [0, 0.05) is 39.0 Å². The van der Waals surface area contributed by atoms with Gasteiger partial charge >= 0.3 is 6.09 Å². The van der Waals surface area contributed by atoms with Crippen LogP contribution in [0.3, 0.4) is 0 Å². The van der Waals surface area contributed by atoms with Crippen molar-refractivity contribution in [2.75, 3.05) is 26.2 Å². The Balaban J connectivity index is 1.27. The Bertz CT molecular complexity index is 839. The van der Waals surface area contributed by atoms with Gasteiger partial charge in [-0.2, -0.15) is 5.26 Å². The number of nitriles is 1. The molecule has 33 heavy (non-hydrogen) atoms. The van der Waals surface area contributed by atoms with Crippen LogP contribution in [-0.2, 0) is 14.4 Å². The number of piperidine rings is 1. The van der Waals surface area contributed by atoms with Crippen LogP contribution in [0.5, 0.6) is 0 Å². The Hall–Kier alpha value is -2.48. The van der Waals surface area contributed by atoms with Crippen molar-refractivity contribution in [2.24, 2.45) is 11.3 Å². The minimum absolute atomic E-state index is 0.106. The van der Waals surface area contributed by atoms with Gasteiger partial charge in [-0.15, -0.1) is 5.06 Å². The summed E-state index contributed by atoms with van der Waals surface area (Å²) in [6, 6.07) is 0.440. The van der Waals surface area contributed by atoms with E-state index in [9.17, 15) is 23.2 Å². The molecule has 2 aliphatic carbocycles. The van der Waals surface area contributed by atoms with Crippen LogP contribution in [0, 0.1) is 22.7 Å². The zero-order valence-corrected chi connectivity index (χ0v) is 18.9. The summed E-state index contributed by atoms with van der Waals surface area (Å²) >= 11 is 0. The lowest BCUT2D eigenvalue weighted by molar-refractivity contribution is -0.136. The lowest BCUT2D eigenvalue weighted by Gasteiger charge is -2.37. The molecular weight excluding hydrogens is 436 g/mol. The van der Waals surface area contributed by atoms with Crippen molar-refractivity contribution in [2.45, 2.75) is 75.8 Å². The first-order valence-electron chi connectivity index (χ1n) is 11.6. The molecule has 0 unspecified atom stereocenters. The van der Waals surface area contributed by atoms with Crippen LogP contribution in [0.15, 0.2) is 0 Å². The van der Waals surface area contributed by atoms with Gasteiger partial charge in [-0.25, -0.2) is 13.6 Å². The third kappa shape index (κ3) is 6.10. The second-order valence-electron chi connectivity index (χ2n) is 10.4. The fourth-order valence-corrected chi connectivity index (χ4v) is 4.71. The molecule has 0 aromatic heterocycles. The molecule has 2 aliphatic heterocycles. The highest BCUT2D eigenvalue weighted by Crippen LogP contribution is 2.42. The number of alkyl halides is 2. The predicted molar refractivity (Wildman–Crippen MR) is 112 cm³/mol. The SMILES string of the molecule is CC(F)(F)C[C@H](NC(=O)ON1CCC2(CC1)CC(=O)N(CC1CC1)C2)C(=O)NC1(C#N)CC1. The monoisotopic (exact) mass is 467 g/mol. The van der Waals surface area contributed by atoms with Crippen molar-refractivity contribution >= 4 is 17.9 Å². The standard InChI is InChI=1S/C22H31F2N5O4/c1-20(23,24)10-16(18(31)27-22(13-25)4-5-22)26-19(32)33-29-8-6-21(7-9-29)11-17(30)28(14-21)12-15-2-3-15/h15-16H,2-12,14H2,1H3,(H,26,32)(H,27,31)/t16-/m0/s1. The molecule has 1 spiro atoms. The normalized spacial score (nSPS) is 24.8. The van der Waals surface area contributed by atoms with Gasteiger partial charge in [0.1, 0.15) is 11.6 Å². The van der Waals surface area contributed by atoms with Gasteiger partial charge in [-0.3, -0.25) is 9.59 Å². The van der Waals surface area contributed by atoms with Gasteiger partial charge in [0.25, 0.3) is 0 Å². The molecule has 4 aliphatic rings. The highest BCUT2D eigenvalue weighted by molar-refractivity contribution is 5.87. The maximum Gasteiger partial charge on any atom is 0.426 e. The molecule has 2 saturated heterocycles. The fraction of sp³-hybridized carbons (Fsp3) is 0.818. The Morgan fingerprint density at radius 2 is 1.94 bits per heavy atom. The maximum atomic E-state index is 13.6. The summed E-state index contributed by atoms with van der Waals surface area (Å²) in [5, 5.41) is 15.3. The number of hydrogen-bond donors (Lipinski definition) is 2. The molecule has 4 rings (SSSR count). The van der Waals surface area contributed by atoms with Gasteiger partial charge in [0.15, 0.2) is 0 Å². The molecule has 2 N–H and O–H groups in total. The van der Waals surface area contributed by atoms with Crippen molar-refractivity contribution in [1.29, 1.82) is 5.26 Å². The smallest absolute Gasteiger partial charge is 0.351 e. The molecule has 9 nitrogen and oxygen atoms in total. The molecule has 2 saturated carbocycles. The Morgan fingerprint density at radius 1 is 1.27 bits per heavy atom. The Kier molecular flexibility index (Phi) is 6.24. The van der Waals surface area contributed by atoms with Crippen molar-refractivity contribution in [3.8, 4) is 6.07 Å². The van der Waals surface area contributed by atoms with Crippen molar-refractivity contribution < 1.29 is 28.0 Å². The Labute approximate surface area is 191 Å². The number of carbonyl (C=O) groups is 3. The van der Waals surface area contributed by atoms with E-state index in [2.05, 4.69) is 10.6 Å². The van der Waals surface area contributed by atoms with Crippen LogP contribution >= 0.6 is 0 Å². The molecule has 0 aromatic carbocycles.